The third-order valence-electron chi connectivity index (χ3n) is 2.76. The predicted octanol–water partition coefficient (Wildman–Crippen LogP) is 3.49. The Morgan fingerprint density at radius 1 is 1.31 bits per heavy atom. The Kier molecular flexibility index (Phi) is 3.30. The Morgan fingerprint density at radius 3 is 2.75 bits per heavy atom. The van der Waals surface area contributed by atoms with Gasteiger partial charge in [-0.05, 0) is 30.2 Å². The summed E-state index contributed by atoms with van der Waals surface area (Å²) in [4.78, 5) is 11.2. The van der Waals surface area contributed by atoms with Crippen LogP contribution >= 0.6 is 11.6 Å². The first kappa shape index (κ1) is 11.2. The molecule has 1 aromatic rings. The molecule has 1 aromatic carbocycles. The smallest absolute Gasteiger partial charge is 0.137 e. The van der Waals surface area contributed by atoms with Crippen LogP contribution in [0.3, 0.4) is 0 Å². The lowest BCUT2D eigenvalue weighted by molar-refractivity contribution is -0.118. The Morgan fingerprint density at radius 2 is 2.12 bits per heavy atom. The van der Waals surface area contributed by atoms with Gasteiger partial charge in [-0.1, -0.05) is 17.7 Å². The summed E-state index contributed by atoms with van der Waals surface area (Å²) in [6, 6.07) is 5.55. The maximum Gasteiger partial charge on any atom is 0.137 e. The number of rotatable bonds is 2. The number of methoxy groups -OCH3 is 1. The highest BCUT2D eigenvalue weighted by molar-refractivity contribution is 6.30. The first-order valence-electron chi connectivity index (χ1n) is 5.25. The van der Waals surface area contributed by atoms with Crippen molar-refractivity contribution in [3.63, 3.8) is 0 Å². The summed E-state index contributed by atoms with van der Waals surface area (Å²) in [6.07, 6.45) is 3.88. The summed E-state index contributed by atoms with van der Waals surface area (Å²) in [5, 5.41) is 0.689. The maximum absolute atomic E-state index is 11.2. The minimum absolute atomic E-state index is 0.296. The van der Waals surface area contributed by atoms with E-state index >= 15 is 0 Å². The monoisotopic (exact) mass is 236 g/mol. The number of carbonyl (C=O) groups excluding carboxylic acids is 1. The molecule has 0 amide bonds. The third-order valence-corrected chi connectivity index (χ3v) is 2.99. The molecule has 0 heterocycles. The number of allylic oxidation sites excluding steroid dienone is 2. The SMILES string of the molecule is COc1ccc(Cl)cc1C1=CCC(=O)CC1. The standard InChI is InChI=1S/C13H13ClO2/c1-16-13-7-4-10(14)8-12(13)9-2-5-11(15)6-3-9/h2,4,7-8H,3,5-6H2,1H3. The number of Topliss-reactive ketones (excluding diaryl/α,β-unsaturated/α-hetero) is 1. The molecule has 0 N–H and O–H groups in total. The van der Waals surface area contributed by atoms with E-state index in [4.69, 9.17) is 16.3 Å². The van der Waals surface area contributed by atoms with Crippen molar-refractivity contribution in [3.05, 3.63) is 34.9 Å². The fourth-order valence-electron chi connectivity index (χ4n) is 1.89. The number of hydrogen-bond acceptors (Lipinski definition) is 2. The number of carbonyl (C=O) groups is 1. The van der Waals surface area contributed by atoms with Gasteiger partial charge >= 0.3 is 0 Å². The van der Waals surface area contributed by atoms with Crippen molar-refractivity contribution < 1.29 is 9.53 Å². The van der Waals surface area contributed by atoms with E-state index in [1.807, 2.05) is 18.2 Å². The molecule has 0 saturated carbocycles. The van der Waals surface area contributed by atoms with Crippen LogP contribution in [-0.2, 0) is 4.79 Å². The maximum atomic E-state index is 11.2. The minimum atomic E-state index is 0.296. The zero-order valence-corrected chi connectivity index (χ0v) is 9.88. The molecule has 0 atom stereocenters. The molecule has 0 fully saturated rings. The zero-order chi connectivity index (χ0) is 11.5. The van der Waals surface area contributed by atoms with Gasteiger partial charge in [0.25, 0.3) is 0 Å². The lowest BCUT2D eigenvalue weighted by atomic mass is 9.92. The van der Waals surface area contributed by atoms with Crippen molar-refractivity contribution in [3.8, 4) is 5.75 Å². The van der Waals surface area contributed by atoms with Crippen molar-refractivity contribution in [2.24, 2.45) is 0 Å². The predicted molar refractivity (Wildman–Crippen MR) is 64.8 cm³/mol. The first-order chi connectivity index (χ1) is 7.70. The fourth-order valence-corrected chi connectivity index (χ4v) is 2.06. The van der Waals surface area contributed by atoms with Gasteiger partial charge in [0, 0.05) is 23.4 Å². The molecule has 0 aliphatic heterocycles. The molecule has 3 heteroatoms. The van der Waals surface area contributed by atoms with E-state index in [1.54, 1.807) is 13.2 Å². The van der Waals surface area contributed by atoms with Gasteiger partial charge in [0.2, 0.25) is 0 Å². The molecule has 0 unspecified atom stereocenters. The summed E-state index contributed by atoms with van der Waals surface area (Å²) in [7, 11) is 1.64. The van der Waals surface area contributed by atoms with Gasteiger partial charge in [0.1, 0.15) is 11.5 Å². The van der Waals surface area contributed by atoms with Crippen LogP contribution in [0.25, 0.3) is 5.57 Å². The van der Waals surface area contributed by atoms with Gasteiger partial charge in [0.15, 0.2) is 0 Å². The summed E-state index contributed by atoms with van der Waals surface area (Å²) >= 11 is 5.97. The van der Waals surface area contributed by atoms with Crippen molar-refractivity contribution in [1.82, 2.24) is 0 Å². The summed E-state index contributed by atoms with van der Waals surface area (Å²) < 4.78 is 5.30. The average molecular weight is 237 g/mol. The van der Waals surface area contributed by atoms with Gasteiger partial charge in [-0.2, -0.15) is 0 Å². The molecule has 0 saturated heterocycles. The molecular weight excluding hydrogens is 224 g/mol. The summed E-state index contributed by atoms with van der Waals surface area (Å²) in [5.41, 5.74) is 2.15. The van der Waals surface area contributed by atoms with Crippen molar-refractivity contribution in [2.45, 2.75) is 19.3 Å². The Hall–Kier alpha value is -1.28. The lowest BCUT2D eigenvalue weighted by Gasteiger charge is -2.15. The van der Waals surface area contributed by atoms with Gasteiger partial charge in [-0.25, -0.2) is 0 Å². The van der Waals surface area contributed by atoms with E-state index in [0.29, 0.717) is 23.6 Å². The van der Waals surface area contributed by atoms with Crippen LogP contribution in [0, 0.1) is 0 Å². The highest BCUT2D eigenvalue weighted by Gasteiger charge is 2.15. The third kappa shape index (κ3) is 2.27. The highest BCUT2D eigenvalue weighted by atomic mass is 35.5. The van der Waals surface area contributed by atoms with Gasteiger partial charge in [-0.3, -0.25) is 4.79 Å². The molecule has 84 valence electrons. The Bertz CT molecular complexity index is 449. The number of ketones is 1. The molecule has 2 rings (SSSR count). The van der Waals surface area contributed by atoms with E-state index in [1.165, 1.54) is 0 Å². The number of ether oxygens (including phenoxy) is 1. The fraction of sp³-hybridized carbons (Fsp3) is 0.308. The minimum Gasteiger partial charge on any atom is -0.496 e. The number of halogens is 1. The quantitative estimate of drug-likeness (QED) is 0.786. The van der Waals surface area contributed by atoms with Gasteiger partial charge < -0.3 is 4.74 Å². The van der Waals surface area contributed by atoms with Crippen LogP contribution in [0.4, 0.5) is 0 Å². The van der Waals surface area contributed by atoms with Crippen LogP contribution < -0.4 is 4.74 Å². The molecular formula is C13H13ClO2. The topological polar surface area (TPSA) is 26.3 Å². The second-order valence-electron chi connectivity index (χ2n) is 3.82. The molecule has 0 spiro atoms. The first-order valence-corrected chi connectivity index (χ1v) is 5.63. The van der Waals surface area contributed by atoms with Crippen LogP contribution in [0.15, 0.2) is 24.3 Å². The molecule has 1 aliphatic carbocycles. The molecule has 1 aliphatic rings. The molecule has 0 aromatic heterocycles. The van der Waals surface area contributed by atoms with Crippen LogP contribution in [0.2, 0.25) is 5.02 Å². The summed E-state index contributed by atoms with van der Waals surface area (Å²) in [5.74, 6) is 1.11. The zero-order valence-electron chi connectivity index (χ0n) is 9.13. The number of hydrogen-bond donors (Lipinski definition) is 0. The van der Waals surface area contributed by atoms with Crippen molar-refractivity contribution in [1.29, 1.82) is 0 Å². The van der Waals surface area contributed by atoms with E-state index < -0.39 is 0 Å². The van der Waals surface area contributed by atoms with Crippen LogP contribution in [0.5, 0.6) is 5.75 Å². The van der Waals surface area contributed by atoms with Crippen LogP contribution in [0.1, 0.15) is 24.8 Å². The lowest BCUT2D eigenvalue weighted by Crippen LogP contribution is -2.04. The van der Waals surface area contributed by atoms with E-state index in [9.17, 15) is 4.79 Å². The van der Waals surface area contributed by atoms with E-state index in [0.717, 1.165) is 23.3 Å². The summed E-state index contributed by atoms with van der Waals surface area (Å²) in [6.45, 7) is 0. The second kappa shape index (κ2) is 4.71. The van der Waals surface area contributed by atoms with Gasteiger partial charge in [0.05, 0.1) is 7.11 Å². The Labute approximate surface area is 99.9 Å². The van der Waals surface area contributed by atoms with E-state index in [2.05, 4.69) is 0 Å². The van der Waals surface area contributed by atoms with Crippen molar-refractivity contribution in [2.75, 3.05) is 7.11 Å². The normalized spacial score (nSPS) is 15.9. The second-order valence-corrected chi connectivity index (χ2v) is 4.25. The van der Waals surface area contributed by atoms with Crippen LogP contribution in [-0.4, -0.2) is 12.9 Å². The van der Waals surface area contributed by atoms with E-state index in [-0.39, 0.29) is 0 Å². The van der Waals surface area contributed by atoms with Crippen molar-refractivity contribution >= 4 is 23.0 Å². The highest BCUT2D eigenvalue weighted by Crippen LogP contribution is 2.33. The molecule has 2 nitrogen and oxygen atoms in total. The van der Waals surface area contributed by atoms with Gasteiger partial charge in [-0.15, -0.1) is 0 Å². The molecule has 0 radical (unpaired) electrons. The molecule has 0 bridgehead atoms. The Balaban J connectivity index is 2.39. The largest absolute Gasteiger partial charge is 0.496 e. The molecule has 16 heavy (non-hydrogen) atoms. The number of benzene rings is 1. The average Bonchev–Trinajstić information content (AvgIpc) is 2.30.